The molecule has 0 fully saturated rings. The van der Waals surface area contributed by atoms with Gasteiger partial charge in [0.1, 0.15) is 5.75 Å². The van der Waals surface area contributed by atoms with Crippen molar-refractivity contribution in [2.45, 2.75) is 6.04 Å². The molecular formula is C20H22N2O2S. The number of ether oxygens (including phenoxy) is 1. The summed E-state index contributed by atoms with van der Waals surface area (Å²) < 4.78 is 5.64. The molecule has 3 rings (SSSR count). The fraction of sp³-hybridized carbons (Fsp3) is 0.250. The van der Waals surface area contributed by atoms with Gasteiger partial charge in [-0.2, -0.15) is 0 Å². The average molecular weight is 354 g/mol. The quantitative estimate of drug-likeness (QED) is 0.703. The van der Waals surface area contributed by atoms with Crippen molar-refractivity contribution in [2.75, 3.05) is 27.2 Å². The lowest BCUT2D eigenvalue weighted by atomic mass is 10.1. The van der Waals surface area contributed by atoms with E-state index in [1.165, 1.54) is 4.88 Å². The highest BCUT2D eigenvalue weighted by Gasteiger charge is 2.16. The number of fused-ring (bicyclic) bond motifs is 1. The van der Waals surface area contributed by atoms with Crippen LogP contribution >= 0.6 is 11.3 Å². The van der Waals surface area contributed by atoms with Crippen molar-refractivity contribution in [3.8, 4) is 5.75 Å². The second-order valence-corrected chi connectivity index (χ2v) is 7.08. The third-order valence-electron chi connectivity index (χ3n) is 4.08. The van der Waals surface area contributed by atoms with Crippen LogP contribution in [0.4, 0.5) is 0 Å². The van der Waals surface area contributed by atoms with Crippen LogP contribution in [-0.2, 0) is 4.79 Å². The molecule has 1 unspecified atom stereocenters. The molecule has 1 atom stereocenters. The molecule has 0 spiro atoms. The molecule has 5 heteroatoms. The van der Waals surface area contributed by atoms with Crippen LogP contribution in [0.2, 0.25) is 0 Å². The van der Waals surface area contributed by atoms with Crippen molar-refractivity contribution < 1.29 is 9.53 Å². The van der Waals surface area contributed by atoms with E-state index in [1.54, 1.807) is 11.3 Å². The highest BCUT2D eigenvalue weighted by atomic mass is 32.1. The Morgan fingerprint density at radius 2 is 1.92 bits per heavy atom. The van der Waals surface area contributed by atoms with Crippen LogP contribution in [0.25, 0.3) is 10.8 Å². The fourth-order valence-electron chi connectivity index (χ4n) is 2.69. The monoisotopic (exact) mass is 354 g/mol. The number of carbonyl (C=O) groups excluding carboxylic acids is 1. The molecule has 0 radical (unpaired) electrons. The normalized spacial score (nSPS) is 12.3. The van der Waals surface area contributed by atoms with Crippen molar-refractivity contribution >= 4 is 28.0 Å². The van der Waals surface area contributed by atoms with Crippen LogP contribution in [0.1, 0.15) is 10.9 Å². The minimum atomic E-state index is -0.114. The van der Waals surface area contributed by atoms with Crippen LogP contribution in [0.15, 0.2) is 60.0 Å². The van der Waals surface area contributed by atoms with Crippen molar-refractivity contribution in [2.24, 2.45) is 0 Å². The van der Waals surface area contributed by atoms with Crippen LogP contribution < -0.4 is 10.1 Å². The lowest BCUT2D eigenvalue weighted by Crippen LogP contribution is -2.36. The molecule has 3 aromatic rings. The second kappa shape index (κ2) is 8.14. The third-order valence-corrected chi connectivity index (χ3v) is 5.05. The Morgan fingerprint density at radius 1 is 1.12 bits per heavy atom. The SMILES string of the molecule is CN(C)C(CNC(=O)COc1ccc2ccccc2c1)c1cccs1. The number of hydrogen-bond acceptors (Lipinski definition) is 4. The number of hydrogen-bond donors (Lipinski definition) is 1. The van der Waals surface area contributed by atoms with Crippen LogP contribution in [0.5, 0.6) is 5.75 Å². The number of nitrogens with one attached hydrogen (secondary N) is 1. The zero-order chi connectivity index (χ0) is 17.6. The van der Waals surface area contributed by atoms with Gasteiger partial charge in [-0.25, -0.2) is 0 Å². The number of rotatable bonds is 7. The van der Waals surface area contributed by atoms with Gasteiger partial charge in [0.2, 0.25) is 0 Å². The molecule has 1 amide bonds. The Hall–Kier alpha value is -2.37. The number of nitrogens with zero attached hydrogens (tertiary/aromatic N) is 1. The molecule has 25 heavy (non-hydrogen) atoms. The maximum Gasteiger partial charge on any atom is 0.258 e. The summed E-state index contributed by atoms with van der Waals surface area (Å²) in [6.07, 6.45) is 0. The van der Waals surface area contributed by atoms with E-state index in [2.05, 4.69) is 27.7 Å². The molecule has 4 nitrogen and oxygen atoms in total. The van der Waals surface area contributed by atoms with Gasteiger partial charge >= 0.3 is 0 Å². The Kier molecular flexibility index (Phi) is 5.68. The maximum atomic E-state index is 12.1. The molecule has 1 heterocycles. The first-order chi connectivity index (χ1) is 12.1. The van der Waals surface area contributed by atoms with Crippen LogP contribution in [0.3, 0.4) is 0 Å². The molecule has 130 valence electrons. The largest absolute Gasteiger partial charge is 0.484 e. The van der Waals surface area contributed by atoms with Crippen molar-refractivity contribution in [1.29, 1.82) is 0 Å². The highest BCUT2D eigenvalue weighted by Crippen LogP contribution is 2.22. The summed E-state index contributed by atoms with van der Waals surface area (Å²) in [4.78, 5) is 15.5. The molecule has 0 bridgehead atoms. The first-order valence-electron chi connectivity index (χ1n) is 8.21. The van der Waals surface area contributed by atoms with Gasteiger partial charge in [0.15, 0.2) is 6.61 Å². The van der Waals surface area contributed by atoms with E-state index in [9.17, 15) is 4.79 Å². The molecule has 0 saturated heterocycles. The van der Waals surface area contributed by atoms with Crippen LogP contribution in [-0.4, -0.2) is 38.1 Å². The highest BCUT2D eigenvalue weighted by molar-refractivity contribution is 7.10. The molecule has 1 aromatic heterocycles. The van der Waals surface area contributed by atoms with E-state index in [4.69, 9.17) is 4.74 Å². The molecule has 0 saturated carbocycles. The molecular weight excluding hydrogens is 332 g/mol. The minimum Gasteiger partial charge on any atom is -0.484 e. The summed E-state index contributed by atoms with van der Waals surface area (Å²) in [6, 6.07) is 18.2. The predicted octanol–water partition coefficient (Wildman–Crippen LogP) is 3.70. The van der Waals surface area contributed by atoms with Gasteiger partial charge in [-0.15, -0.1) is 11.3 Å². The Balaban J connectivity index is 1.53. The fourth-order valence-corrected chi connectivity index (χ4v) is 3.61. The van der Waals surface area contributed by atoms with E-state index >= 15 is 0 Å². The summed E-state index contributed by atoms with van der Waals surface area (Å²) in [7, 11) is 4.03. The Morgan fingerprint density at radius 3 is 2.64 bits per heavy atom. The predicted molar refractivity (Wildman–Crippen MR) is 103 cm³/mol. The van der Waals surface area contributed by atoms with Crippen molar-refractivity contribution in [3.63, 3.8) is 0 Å². The lowest BCUT2D eigenvalue weighted by Gasteiger charge is -2.23. The molecule has 0 aliphatic rings. The Bertz CT molecular complexity index is 831. The first-order valence-corrected chi connectivity index (χ1v) is 9.09. The minimum absolute atomic E-state index is 0.0168. The zero-order valence-corrected chi connectivity index (χ0v) is 15.3. The van der Waals surface area contributed by atoms with E-state index in [1.807, 2.05) is 56.6 Å². The zero-order valence-electron chi connectivity index (χ0n) is 14.4. The average Bonchev–Trinajstić information content (AvgIpc) is 3.14. The molecule has 2 aromatic carbocycles. The van der Waals surface area contributed by atoms with Crippen molar-refractivity contribution in [1.82, 2.24) is 10.2 Å². The van der Waals surface area contributed by atoms with Gasteiger partial charge in [0, 0.05) is 11.4 Å². The van der Waals surface area contributed by atoms with Gasteiger partial charge in [-0.1, -0.05) is 36.4 Å². The number of likely N-dealkylation sites (N-methyl/N-ethyl adjacent to an activating group) is 1. The summed E-state index contributed by atoms with van der Waals surface area (Å²) in [5, 5.41) is 7.27. The number of thiophene rings is 1. The number of amides is 1. The van der Waals surface area contributed by atoms with E-state index in [-0.39, 0.29) is 18.6 Å². The smallest absolute Gasteiger partial charge is 0.258 e. The van der Waals surface area contributed by atoms with E-state index in [0.717, 1.165) is 10.8 Å². The maximum absolute atomic E-state index is 12.1. The van der Waals surface area contributed by atoms with Gasteiger partial charge in [0.25, 0.3) is 5.91 Å². The lowest BCUT2D eigenvalue weighted by molar-refractivity contribution is -0.123. The molecule has 1 N–H and O–H groups in total. The van der Waals surface area contributed by atoms with E-state index < -0.39 is 0 Å². The van der Waals surface area contributed by atoms with Gasteiger partial charge < -0.3 is 15.0 Å². The van der Waals surface area contributed by atoms with E-state index in [0.29, 0.717) is 12.3 Å². The summed E-state index contributed by atoms with van der Waals surface area (Å²) >= 11 is 1.70. The van der Waals surface area contributed by atoms with Gasteiger partial charge in [-0.05, 0) is 48.4 Å². The van der Waals surface area contributed by atoms with Gasteiger partial charge in [-0.3, -0.25) is 4.79 Å². The molecule has 0 aliphatic heterocycles. The number of benzene rings is 2. The van der Waals surface area contributed by atoms with Crippen LogP contribution in [0, 0.1) is 0 Å². The summed E-state index contributed by atoms with van der Waals surface area (Å²) in [6.45, 7) is 0.580. The number of carbonyl (C=O) groups is 1. The first kappa shape index (κ1) is 17.5. The summed E-state index contributed by atoms with van der Waals surface area (Å²) in [5.74, 6) is 0.591. The van der Waals surface area contributed by atoms with Gasteiger partial charge in [0.05, 0.1) is 6.04 Å². The Labute approximate surface area is 152 Å². The summed E-state index contributed by atoms with van der Waals surface area (Å²) in [5.41, 5.74) is 0. The second-order valence-electron chi connectivity index (χ2n) is 6.10. The van der Waals surface area contributed by atoms with Crippen molar-refractivity contribution in [3.05, 3.63) is 64.9 Å². The standard InChI is InChI=1S/C20H22N2O2S/c1-22(2)18(19-8-5-11-25-19)13-21-20(23)14-24-17-10-9-15-6-3-4-7-16(15)12-17/h3-12,18H,13-14H2,1-2H3,(H,21,23). The third kappa shape index (κ3) is 4.59. The molecule has 0 aliphatic carbocycles. The topological polar surface area (TPSA) is 41.6 Å².